The normalized spacial score (nSPS) is 10.8. The maximum Gasteiger partial charge on any atom is 0.412 e. The van der Waals surface area contributed by atoms with Crippen LogP contribution in [-0.4, -0.2) is 21.6 Å². The van der Waals surface area contributed by atoms with E-state index in [0.717, 1.165) is 0 Å². The van der Waals surface area contributed by atoms with Crippen LogP contribution in [0.5, 0.6) is 11.5 Å². The van der Waals surface area contributed by atoms with Gasteiger partial charge in [0.05, 0.1) is 4.92 Å². The van der Waals surface area contributed by atoms with Crippen LogP contribution in [0, 0.1) is 10.1 Å². The minimum Gasteiger partial charge on any atom is -0.450 e. The molecule has 0 aliphatic carbocycles. The first-order valence-electron chi connectivity index (χ1n) is 7.32. The summed E-state index contributed by atoms with van der Waals surface area (Å²) in [6, 6.07) is 7.68. The average Bonchev–Trinajstić information content (AvgIpc) is 2.45. The molecule has 2 rings (SSSR count). The molecule has 0 saturated carbocycles. The van der Waals surface area contributed by atoms with Gasteiger partial charge in [-0.3, -0.25) is 15.4 Å². The molecule has 0 saturated heterocycles. The number of carbonyl (C=O) groups is 1. The van der Waals surface area contributed by atoms with Crippen LogP contribution in [0.25, 0.3) is 0 Å². The summed E-state index contributed by atoms with van der Waals surface area (Å²) in [6.45, 7) is 5.25. The standard InChI is InChI=1S/C16H18N4O5/c1-16(2,3)25-15(21)19-10-5-4-6-11(9-10)24-12-7-8-18-14(17)13(12)20(22)23/h4-9H,1-3H3,(H2,17,18)(H,19,21). The fourth-order valence-electron chi connectivity index (χ4n) is 1.90. The van der Waals surface area contributed by atoms with Crippen LogP contribution in [0.3, 0.4) is 0 Å². The summed E-state index contributed by atoms with van der Waals surface area (Å²) in [5.74, 6) is -0.0142. The van der Waals surface area contributed by atoms with Crippen molar-refractivity contribution in [1.29, 1.82) is 0 Å². The molecule has 0 fully saturated rings. The van der Waals surface area contributed by atoms with Crippen molar-refractivity contribution < 1.29 is 19.2 Å². The van der Waals surface area contributed by atoms with Gasteiger partial charge < -0.3 is 15.2 Å². The topological polar surface area (TPSA) is 130 Å². The molecule has 0 atom stereocenters. The van der Waals surface area contributed by atoms with Gasteiger partial charge in [0.2, 0.25) is 11.6 Å². The van der Waals surface area contributed by atoms with Crippen LogP contribution in [0.1, 0.15) is 20.8 Å². The number of nitrogens with one attached hydrogen (secondary N) is 1. The maximum atomic E-state index is 11.8. The van der Waals surface area contributed by atoms with E-state index in [1.54, 1.807) is 39.0 Å². The monoisotopic (exact) mass is 346 g/mol. The van der Waals surface area contributed by atoms with Gasteiger partial charge in [0.15, 0.2) is 0 Å². The van der Waals surface area contributed by atoms with Gasteiger partial charge in [0.1, 0.15) is 11.4 Å². The average molecular weight is 346 g/mol. The van der Waals surface area contributed by atoms with Gasteiger partial charge in [-0.25, -0.2) is 9.78 Å². The first-order chi connectivity index (χ1) is 11.7. The van der Waals surface area contributed by atoms with Crippen molar-refractivity contribution in [3.05, 3.63) is 46.6 Å². The van der Waals surface area contributed by atoms with Gasteiger partial charge in [-0.1, -0.05) is 6.07 Å². The molecule has 9 heteroatoms. The number of amides is 1. The summed E-state index contributed by atoms with van der Waals surface area (Å²) in [7, 11) is 0. The van der Waals surface area contributed by atoms with Crippen molar-refractivity contribution in [1.82, 2.24) is 4.98 Å². The molecule has 1 aromatic carbocycles. The molecule has 0 bridgehead atoms. The second-order valence-electron chi connectivity index (χ2n) is 6.06. The Morgan fingerprint density at radius 2 is 2.04 bits per heavy atom. The van der Waals surface area contributed by atoms with Crippen LogP contribution in [0.15, 0.2) is 36.5 Å². The van der Waals surface area contributed by atoms with Gasteiger partial charge in [0.25, 0.3) is 0 Å². The molecule has 0 spiro atoms. The lowest BCUT2D eigenvalue weighted by molar-refractivity contribution is -0.384. The number of ether oxygens (including phenoxy) is 2. The van der Waals surface area contributed by atoms with Crippen molar-refractivity contribution in [2.24, 2.45) is 0 Å². The Balaban J connectivity index is 2.19. The molecule has 9 nitrogen and oxygen atoms in total. The summed E-state index contributed by atoms with van der Waals surface area (Å²) in [5.41, 5.74) is 4.88. The highest BCUT2D eigenvalue weighted by atomic mass is 16.6. The van der Waals surface area contributed by atoms with E-state index < -0.39 is 22.3 Å². The van der Waals surface area contributed by atoms with Gasteiger partial charge in [-0.05, 0) is 32.9 Å². The number of hydrogen-bond acceptors (Lipinski definition) is 7. The number of hydrogen-bond donors (Lipinski definition) is 2. The first-order valence-corrected chi connectivity index (χ1v) is 7.32. The predicted molar refractivity (Wildman–Crippen MR) is 91.7 cm³/mol. The van der Waals surface area contributed by atoms with E-state index in [-0.39, 0.29) is 17.3 Å². The van der Waals surface area contributed by atoms with E-state index in [0.29, 0.717) is 5.69 Å². The molecule has 0 aliphatic rings. The Labute approximate surface area is 143 Å². The van der Waals surface area contributed by atoms with E-state index in [1.807, 2.05) is 0 Å². The van der Waals surface area contributed by atoms with Crippen LogP contribution in [0.4, 0.5) is 22.0 Å². The van der Waals surface area contributed by atoms with Crippen LogP contribution in [0.2, 0.25) is 0 Å². The van der Waals surface area contributed by atoms with Gasteiger partial charge in [0, 0.05) is 24.0 Å². The molecular weight excluding hydrogens is 328 g/mol. The first kappa shape index (κ1) is 18.0. The number of aromatic nitrogens is 1. The molecular formula is C16H18N4O5. The third-order valence-electron chi connectivity index (χ3n) is 2.81. The minimum atomic E-state index is -0.666. The zero-order valence-electron chi connectivity index (χ0n) is 14.0. The highest BCUT2D eigenvalue weighted by molar-refractivity contribution is 5.85. The third-order valence-corrected chi connectivity index (χ3v) is 2.81. The van der Waals surface area contributed by atoms with Crippen molar-refractivity contribution >= 4 is 23.3 Å². The SMILES string of the molecule is CC(C)(C)OC(=O)Nc1cccc(Oc2ccnc(N)c2[N+](=O)[O-])c1. The van der Waals surface area contributed by atoms with E-state index in [9.17, 15) is 14.9 Å². The van der Waals surface area contributed by atoms with Crippen LogP contribution in [-0.2, 0) is 4.74 Å². The Bertz CT molecular complexity index is 801. The van der Waals surface area contributed by atoms with E-state index in [2.05, 4.69) is 10.3 Å². The molecule has 0 radical (unpaired) electrons. The fourth-order valence-corrected chi connectivity index (χ4v) is 1.90. The lowest BCUT2D eigenvalue weighted by Gasteiger charge is -2.19. The number of nitrogens with zero attached hydrogens (tertiary/aromatic N) is 2. The van der Waals surface area contributed by atoms with Gasteiger partial charge >= 0.3 is 11.8 Å². The molecule has 1 aromatic heterocycles. The second kappa shape index (κ2) is 7.04. The molecule has 1 heterocycles. The molecule has 25 heavy (non-hydrogen) atoms. The zero-order valence-corrected chi connectivity index (χ0v) is 14.0. The smallest absolute Gasteiger partial charge is 0.412 e. The molecule has 2 aromatic rings. The van der Waals surface area contributed by atoms with E-state index in [4.69, 9.17) is 15.2 Å². The number of pyridine rings is 1. The molecule has 132 valence electrons. The highest BCUT2D eigenvalue weighted by Crippen LogP contribution is 2.35. The summed E-state index contributed by atoms with van der Waals surface area (Å²) in [6.07, 6.45) is 0.685. The number of nitrogen functional groups attached to an aromatic ring is 1. The van der Waals surface area contributed by atoms with Crippen molar-refractivity contribution in [2.75, 3.05) is 11.1 Å². The predicted octanol–water partition coefficient (Wildman–Crippen LogP) is 3.71. The summed E-state index contributed by atoms with van der Waals surface area (Å²) < 4.78 is 10.7. The van der Waals surface area contributed by atoms with Crippen LogP contribution < -0.4 is 15.8 Å². The molecule has 0 aliphatic heterocycles. The van der Waals surface area contributed by atoms with Crippen molar-refractivity contribution in [3.63, 3.8) is 0 Å². The van der Waals surface area contributed by atoms with E-state index in [1.165, 1.54) is 18.3 Å². The number of rotatable bonds is 4. The Hall–Kier alpha value is -3.36. The number of nitrogens with two attached hydrogens (primary N) is 1. The van der Waals surface area contributed by atoms with Crippen molar-refractivity contribution in [2.45, 2.75) is 26.4 Å². The summed E-state index contributed by atoms with van der Waals surface area (Å²) >= 11 is 0. The largest absolute Gasteiger partial charge is 0.450 e. The third kappa shape index (κ3) is 5.06. The van der Waals surface area contributed by atoms with E-state index >= 15 is 0 Å². The second-order valence-corrected chi connectivity index (χ2v) is 6.06. The fraction of sp³-hybridized carbons (Fsp3) is 0.250. The van der Waals surface area contributed by atoms with Crippen LogP contribution >= 0.6 is 0 Å². The number of carbonyl (C=O) groups excluding carboxylic acids is 1. The lowest BCUT2D eigenvalue weighted by Crippen LogP contribution is -2.27. The maximum absolute atomic E-state index is 11.8. The number of anilines is 2. The molecule has 3 N–H and O–H groups in total. The summed E-state index contributed by atoms with van der Waals surface area (Å²) in [4.78, 5) is 25.9. The quantitative estimate of drug-likeness (QED) is 0.637. The Morgan fingerprint density at radius 1 is 1.32 bits per heavy atom. The number of benzene rings is 1. The molecule has 1 amide bonds. The van der Waals surface area contributed by atoms with Crippen molar-refractivity contribution in [3.8, 4) is 11.5 Å². The molecule has 0 unspecified atom stereocenters. The summed E-state index contributed by atoms with van der Waals surface area (Å²) in [5, 5.41) is 13.7. The van der Waals surface area contributed by atoms with Gasteiger partial charge in [-0.15, -0.1) is 0 Å². The van der Waals surface area contributed by atoms with Gasteiger partial charge in [-0.2, -0.15) is 0 Å². The highest BCUT2D eigenvalue weighted by Gasteiger charge is 2.21. The lowest BCUT2D eigenvalue weighted by atomic mass is 10.2. The minimum absolute atomic E-state index is 0.0491. The Kier molecular flexibility index (Phi) is 5.06. The number of nitro groups is 1. The Morgan fingerprint density at radius 3 is 2.68 bits per heavy atom. The zero-order chi connectivity index (χ0) is 18.6.